The van der Waals surface area contributed by atoms with E-state index in [2.05, 4.69) is 10.3 Å². The first-order chi connectivity index (χ1) is 16.4. The number of aromatic nitrogens is 1. The summed E-state index contributed by atoms with van der Waals surface area (Å²) in [6.45, 7) is 1.21. The van der Waals surface area contributed by atoms with Gasteiger partial charge in [-0.1, -0.05) is 30.3 Å². The topological polar surface area (TPSA) is 103 Å². The second-order valence-corrected chi connectivity index (χ2v) is 9.94. The smallest absolute Gasteiger partial charge is 0.272 e. The molecule has 3 N–H and O–H groups in total. The number of hydrogen-bond acceptors (Lipinski definition) is 5. The van der Waals surface area contributed by atoms with Gasteiger partial charge in [-0.15, -0.1) is 0 Å². The maximum atomic E-state index is 13.0. The lowest BCUT2D eigenvalue weighted by Gasteiger charge is -2.33. The average Bonchev–Trinajstić information content (AvgIpc) is 3.46. The molecule has 6 rings (SSSR count). The summed E-state index contributed by atoms with van der Waals surface area (Å²) in [5.41, 5.74) is 3.13. The molecule has 34 heavy (non-hydrogen) atoms. The van der Waals surface area contributed by atoms with E-state index in [9.17, 15) is 19.8 Å². The summed E-state index contributed by atoms with van der Waals surface area (Å²) in [5.74, 6) is 0.0257. The van der Waals surface area contributed by atoms with Gasteiger partial charge in [0.25, 0.3) is 5.91 Å². The fourth-order valence-electron chi connectivity index (χ4n) is 5.82. The summed E-state index contributed by atoms with van der Waals surface area (Å²) in [5, 5.41) is 24.0. The number of phenols is 1. The predicted octanol–water partition coefficient (Wildman–Crippen LogP) is 2.96. The van der Waals surface area contributed by atoms with E-state index >= 15 is 0 Å². The number of hydrogen-bond donors (Lipinski definition) is 3. The Bertz CT molecular complexity index is 1300. The standard InChI is InChI=1S/C27H27N3O4/c31-18-6-8-21-17(13-18)5-7-22(28-21)26(34)30-11-9-27(10-12-30)15-20(27)25(33)29-24-19-4-2-1-3-16(19)14-23(24)32/h1-8,13,20,23-24,31-32H,9-12,14-15H2,(H,29,33)/t20?,23-,24+/m1/s1. The highest BCUT2D eigenvalue weighted by Gasteiger charge is 2.59. The largest absolute Gasteiger partial charge is 0.508 e. The van der Waals surface area contributed by atoms with Crippen LogP contribution in [0.4, 0.5) is 0 Å². The van der Waals surface area contributed by atoms with Crippen molar-refractivity contribution in [3.63, 3.8) is 0 Å². The molecule has 0 radical (unpaired) electrons. The lowest BCUT2D eigenvalue weighted by Crippen LogP contribution is -2.41. The number of nitrogens with one attached hydrogen (secondary N) is 1. The number of likely N-dealkylation sites (tertiary alicyclic amines) is 1. The molecule has 2 aromatic carbocycles. The van der Waals surface area contributed by atoms with E-state index in [4.69, 9.17) is 0 Å². The zero-order valence-electron chi connectivity index (χ0n) is 18.8. The molecule has 2 amide bonds. The Labute approximate surface area is 197 Å². The van der Waals surface area contributed by atoms with Gasteiger partial charge in [-0.3, -0.25) is 9.59 Å². The lowest BCUT2D eigenvalue weighted by atomic mass is 9.90. The molecule has 0 bridgehead atoms. The molecule has 3 aliphatic rings. The van der Waals surface area contributed by atoms with Gasteiger partial charge in [0, 0.05) is 30.8 Å². The molecule has 3 aromatic rings. The molecule has 1 unspecified atom stereocenters. The average molecular weight is 458 g/mol. The molecule has 1 aromatic heterocycles. The third-order valence-corrected chi connectivity index (χ3v) is 7.95. The van der Waals surface area contributed by atoms with Crippen LogP contribution in [-0.2, 0) is 11.2 Å². The highest BCUT2D eigenvalue weighted by Crippen LogP contribution is 2.59. The van der Waals surface area contributed by atoms with Crippen molar-refractivity contribution >= 4 is 22.7 Å². The van der Waals surface area contributed by atoms with Crippen molar-refractivity contribution < 1.29 is 19.8 Å². The van der Waals surface area contributed by atoms with Crippen molar-refractivity contribution in [3.05, 3.63) is 71.4 Å². The van der Waals surface area contributed by atoms with E-state index in [-0.39, 0.29) is 34.9 Å². The van der Waals surface area contributed by atoms with Crippen molar-refractivity contribution in [3.8, 4) is 5.75 Å². The van der Waals surface area contributed by atoms with Gasteiger partial charge >= 0.3 is 0 Å². The van der Waals surface area contributed by atoms with Crippen LogP contribution in [0, 0.1) is 11.3 Å². The van der Waals surface area contributed by atoms with Crippen molar-refractivity contribution in [1.29, 1.82) is 0 Å². The molecule has 7 nitrogen and oxygen atoms in total. The number of nitrogens with zero attached hydrogens (tertiary/aromatic N) is 2. The van der Waals surface area contributed by atoms with E-state index in [0.29, 0.717) is 30.7 Å². The lowest BCUT2D eigenvalue weighted by molar-refractivity contribution is -0.124. The third-order valence-electron chi connectivity index (χ3n) is 7.95. The Hall–Kier alpha value is -3.45. The zero-order valence-corrected chi connectivity index (χ0v) is 18.8. The van der Waals surface area contributed by atoms with Crippen LogP contribution in [0.2, 0.25) is 0 Å². The Balaban J connectivity index is 1.08. The summed E-state index contributed by atoms with van der Waals surface area (Å²) >= 11 is 0. The molecule has 1 aliphatic heterocycles. The first-order valence-corrected chi connectivity index (χ1v) is 11.9. The molecule has 1 saturated carbocycles. The Morgan fingerprint density at radius 2 is 1.85 bits per heavy atom. The Kier molecular flexibility index (Phi) is 4.85. The number of rotatable bonds is 3. The van der Waals surface area contributed by atoms with Crippen LogP contribution in [0.5, 0.6) is 5.75 Å². The number of aliphatic hydroxyl groups excluding tert-OH is 1. The van der Waals surface area contributed by atoms with Crippen molar-refractivity contribution in [2.75, 3.05) is 13.1 Å². The van der Waals surface area contributed by atoms with E-state index in [1.165, 1.54) is 0 Å². The molecular weight excluding hydrogens is 430 g/mol. The maximum absolute atomic E-state index is 13.0. The van der Waals surface area contributed by atoms with Gasteiger partial charge in [0.1, 0.15) is 11.4 Å². The van der Waals surface area contributed by atoms with Crippen molar-refractivity contribution in [2.24, 2.45) is 11.3 Å². The monoisotopic (exact) mass is 457 g/mol. The molecule has 174 valence electrons. The molecule has 1 spiro atoms. The number of piperidine rings is 1. The predicted molar refractivity (Wildman–Crippen MR) is 126 cm³/mol. The van der Waals surface area contributed by atoms with Gasteiger partial charge in [0.05, 0.1) is 17.7 Å². The van der Waals surface area contributed by atoms with Crippen LogP contribution in [0.15, 0.2) is 54.6 Å². The highest BCUT2D eigenvalue weighted by atomic mass is 16.3. The molecule has 7 heteroatoms. The number of aromatic hydroxyl groups is 1. The molecule has 3 atom stereocenters. The first kappa shape index (κ1) is 21.1. The second-order valence-electron chi connectivity index (χ2n) is 9.94. The minimum atomic E-state index is -0.589. The number of phenolic OH excluding ortho intramolecular Hbond substituents is 1. The fourth-order valence-corrected chi connectivity index (χ4v) is 5.82. The molecular formula is C27H27N3O4. The Morgan fingerprint density at radius 1 is 1.06 bits per heavy atom. The van der Waals surface area contributed by atoms with Crippen LogP contribution in [0.1, 0.15) is 46.9 Å². The summed E-state index contributed by atoms with van der Waals surface area (Å²) in [6.07, 6.45) is 2.40. The second kappa shape index (κ2) is 7.81. The number of pyridine rings is 1. The van der Waals surface area contributed by atoms with E-state index in [1.54, 1.807) is 30.3 Å². The number of carbonyl (C=O) groups is 2. The Morgan fingerprint density at radius 3 is 2.68 bits per heavy atom. The number of aliphatic hydroxyl groups is 1. The fraction of sp³-hybridized carbons (Fsp3) is 0.370. The molecule has 2 heterocycles. The van der Waals surface area contributed by atoms with Gasteiger partial charge in [-0.05, 0) is 60.1 Å². The summed E-state index contributed by atoms with van der Waals surface area (Å²) < 4.78 is 0. The van der Waals surface area contributed by atoms with E-state index in [0.717, 1.165) is 35.8 Å². The summed E-state index contributed by atoms with van der Waals surface area (Å²) in [7, 11) is 0. The van der Waals surface area contributed by atoms with Crippen molar-refractivity contribution in [1.82, 2.24) is 15.2 Å². The van der Waals surface area contributed by atoms with Gasteiger partial charge in [0.2, 0.25) is 5.91 Å². The first-order valence-electron chi connectivity index (χ1n) is 11.9. The summed E-state index contributed by atoms with van der Waals surface area (Å²) in [4.78, 5) is 32.4. The molecule has 2 fully saturated rings. The van der Waals surface area contributed by atoms with Crippen molar-refractivity contribution in [2.45, 2.75) is 37.8 Å². The van der Waals surface area contributed by atoms with Crippen LogP contribution < -0.4 is 5.32 Å². The number of fused-ring (bicyclic) bond motifs is 2. The van der Waals surface area contributed by atoms with Gasteiger partial charge < -0.3 is 20.4 Å². The number of amides is 2. The van der Waals surface area contributed by atoms with Gasteiger partial charge in [-0.25, -0.2) is 4.98 Å². The van der Waals surface area contributed by atoms with E-state index in [1.807, 2.05) is 29.2 Å². The minimum Gasteiger partial charge on any atom is -0.508 e. The highest BCUT2D eigenvalue weighted by molar-refractivity contribution is 5.95. The zero-order chi connectivity index (χ0) is 23.4. The quantitative estimate of drug-likeness (QED) is 0.561. The van der Waals surface area contributed by atoms with Gasteiger partial charge in [0.15, 0.2) is 0 Å². The SMILES string of the molecule is O=C(N[C@H]1c2ccccc2C[C@H]1O)C1CC12CCN(C(=O)c1ccc3cc(O)ccc3n1)CC2. The van der Waals surface area contributed by atoms with Crippen LogP contribution in [0.3, 0.4) is 0 Å². The number of benzene rings is 2. The molecule has 2 aliphatic carbocycles. The maximum Gasteiger partial charge on any atom is 0.272 e. The summed E-state index contributed by atoms with van der Waals surface area (Å²) in [6, 6.07) is 15.9. The van der Waals surface area contributed by atoms with Gasteiger partial charge in [-0.2, -0.15) is 0 Å². The number of carbonyl (C=O) groups excluding carboxylic acids is 2. The van der Waals surface area contributed by atoms with Crippen LogP contribution in [-0.4, -0.2) is 51.1 Å². The molecule has 1 saturated heterocycles. The van der Waals surface area contributed by atoms with E-state index < -0.39 is 6.10 Å². The van der Waals surface area contributed by atoms with Crippen LogP contribution >= 0.6 is 0 Å². The normalized spacial score (nSPS) is 24.7. The van der Waals surface area contributed by atoms with Crippen LogP contribution in [0.25, 0.3) is 10.9 Å². The third kappa shape index (κ3) is 3.51. The minimum absolute atomic E-state index is 0.0139.